The molecule has 7 heteroatoms. The van der Waals surface area contributed by atoms with Crippen LogP contribution in [0.1, 0.15) is 11.1 Å². The molecule has 0 bridgehead atoms. The van der Waals surface area contributed by atoms with E-state index < -0.39 is 10.2 Å². The normalized spacial score (nSPS) is 16.7. The van der Waals surface area contributed by atoms with E-state index in [1.54, 1.807) is 13.2 Å². The molecule has 0 unspecified atom stereocenters. The highest BCUT2D eigenvalue weighted by molar-refractivity contribution is 7.88. The molecule has 0 radical (unpaired) electrons. The Labute approximate surface area is 170 Å². The first-order valence-corrected chi connectivity index (χ1v) is 10.7. The first-order chi connectivity index (χ1) is 14.0. The van der Waals surface area contributed by atoms with E-state index in [9.17, 15) is 8.42 Å². The number of nitrogens with zero attached hydrogens (tertiary/aromatic N) is 1. The summed E-state index contributed by atoms with van der Waals surface area (Å²) in [5.74, 6) is 1.08. The van der Waals surface area contributed by atoms with Crippen molar-refractivity contribution in [2.75, 3.05) is 7.11 Å². The average molecular weight is 407 g/mol. The topological polar surface area (TPSA) is 79.8 Å². The monoisotopic (exact) mass is 407 g/mol. The summed E-state index contributed by atoms with van der Waals surface area (Å²) in [7, 11) is -2.08. The maximum Gasteiger partial charge on any atom is 0.322 e. The van der Waals surface area contributed by atoms with Gasteiger partial charge in [-0.1, -0.05) is 54.6 Å². The van der Waals surface area contributed by atoms with Gasteiger partial charge in [0.1, 0.15) is 11.6 Å². The number of hydrogen-bond acceptors (Lipinski definition) is 4. The van der Waals surface area contributed by atoms with E-state index in [-0.39, 0.29) is 0 Å². The summed E-state index contributed by atoms with van der Waals surface area (Å²) in [6, 6.07) is 21.6. The highest BCUT2D eigenvalue weighted by Gasteiger charge is 2.20. The summed E-state index contributed by atoms with van der Waals surface area (Å²) in [6.45, 7) is 0.361. The van der Waals surface area contributed by atoms with Crippen LogP contribution in [0.25, 0.3) is 10.8 Å². The molecule has 0 saturated heterocycles. The van der Waals surface area contributed by atoms with Crippen LogP contribution in [0.4, 0.5) is 0 Å². The number of amidine groups is 1. The van der Waals surface area contributed by atoms with Gasteiger partial charge in [-0.05, 0) is 34.0 Å². The Morgan fingerprint density at radius 1 is 0.931 bits per heavy atom. The fraction of sp³-hybridized carbons (Fsp3) is 0.136. The third-order valence-electron chi connectivity index (χ3n) is 4.67. The van der Waals surface area contributed by atoms with Crippen LogP contribution < -0.4 is 14.2 Å². The molecule has 1 aliphatic rings. The van der Waals surface area contributed by atoms with Gasteiger partial charge in [-0.2, -0.15) is 8.42 Å². The van der Waals surface area contributed by atoms with Gasteiger partial charge in [0, 0.05) is 18.2 Å². The highest BCUT2D eigenvalue weighted by Crippen LogP contribution is 2.21. The van der Waals surface area contributed by atoms with Gasteiger partial charge in [-0.25, -0.2) is 0 Å². The first kappa shape index (κ1) is 19.0. The summed E-state index contributed by atoms with van der Waals surface area (Å²) in [5, 5.41) is 2.22. The van der Waals surface area contributed by atoms with Crippen molar-refractivity contribution in [1.29, 1.82) is 0 Å². The van der Waals surface area contributed by atoms with E-state index in [2.05, 4.69) is 14.4 Å². The number of ether oxygens (including phenoxy) is 1. The van der Waals surface area contributed by atoms with E-state index >= 15 is 0 Å². The molecular weight excluding hydrogens is 386 g/mol. The molecule has 0 atom stereocenters. The van der Waals surface area contributed by atoms with Crippen LogP contribution in [0.5, 0.6) is 5.75 Å². The molecule has 2 N–H and O–H groups in total. The number of benzene rings is 3. The highest BCUT2D eigenvalue weighted by atomic mass is 32.2. The van der Waals surface area contributed by atoms with Crippen molar-refractivity contribution in [1.82, 2.24) is 9.44 Å². The lowest BCUT2D eigenvalue weighted by Gasteiger charge is -2.19. The number of hydrogen-bond donors (Lipinski definition) is 2. The number of fused-ring (bicyclic) bond motifs is 1. The third-order valence-corrected chi connectivity index (χ3v) is 5.68. The Morgan fingerprint density at radius 2 is 1.69 bits per heavy atom. The van der Waals surface area contributed by atoms with Crippen LogP contribution in [0, 0.1) is 0 Å². The molecule has 3 aromatic carbocycles. The third kappa shape index (κ3) is 4.57. The summed E-state index contributed by atoms with van der Waals surface area (Å²) in [4.78, 5) is 4.43. The number of nitrogens with one attached hydrogen (secondary N) is 2. The zero-order chi connectivity index (χ0) is 20.3. The van der Waals surface area contributed by atoms with E-state index in [0.717, 1.165) is 27.6 Å². The van der Waals surface area contributed by atoms with Crippen molar-refractivity contribution in [2.45, 2.75) is 13.0 Å². The van der Waals surface area contributed by atoms with Crippen molar-refractivity contribution in [3.63, 3.8) is 0 Å². The van der Waals surface area contributed by atoms with E-state index in [0.29, 0.717) is 24.5 Å². The Morgan fingerprint density at radius 3 is 2.48 bits per heavy atom. The van der Waals surface area contributed by atoms with Gasteiger partial charge in [0.25, 0.3) is 0 Å². The minimum atomic E-state index is -3.69. The van der Waals surface area contributed by atoms with Gasteiger partial charge in [-0.15, -0.1) is 0 Å². The zero-order valence-corrected chi connectivity index (χ0v) is 16.7. The fourth-order valence-electron chi connectivity index (χ4n) is 3.28. The minimum Gasteiger partial charge on any atom is -0.497 e. The second-order valence-corrected chi connectivity index (χ2v) is 8.16. The molecule has 0 fully saturated rings. The molecule has 0 saturated carbocycles. The minimum absolute atomic E-state index is 0.315. The van der Waals surface area contributed by atoms with E-state index in [4.69, 9.17) is 4.74 Å². The molecule has 0 aliphatic carbocycles. The first-order valence-electron chi connectivity index (χ1n) is 9.17. The quantitative estimate of drug-likeness (QED) is 0.681. The molecule has 148 valence electrons. The zero-order valence-electron chi connectivity index (χ0n) is 15.9. The van der Waals surface area contributed by atoms with Gasteiger partial charge in [0.2, 0.25) is 0 Å². The van der Waals surface area contributed by atoms with Gasteiger partial charge in [-0.3, -0.25) is 14.4 Å². The summed E-state index contributed by atoms with van der Waals surface area (Å²) < 4.78 is 34.7. The van der Waals surface area contributed by atoms with Gasteiger partial charge >= 0.3 is 10.2 Å². The van der Waals surface area contributed by atoms with Crippen LogP contribution in [0.15, 0.2) is 83.5 Å². The van der Waals surface area contributed by atoms with Gasteiger partial charge in [0.05, 0.1) is 13.7 Å². The summed E-state index contributed by atoms with van der Waals surface area (Å²) in [5.41, 5.74) is 2.59. The molecule has 0 aromatic heterocycles. The number of methoxy groups -OCH3 is 1. The summed E-state index contributed by atoms with van der Waals surface area (Å²) in [6.07, 6.45) is 2.20. The Bertz CT molecular complexity index is 1190. The van der Waals surface area contributed by atoms with Crippen LogP contribution in [-0.4, -0.2) is 21.4 Å². The second-order valence-electron chi connectivity index (χ2n) is 6.74. The standard InChI is InChI=1S/C22H21N3O3S/c1-28-20-11-9-16(10-12-20)15-23-22-14-19(24-29(26,27)25-22)13-18-7-4-6-17-5-2-3-8-21(17)18/h2-12,14,24H,13,15H2,1H3,(H,23,25). The molecular formula is C22H21N3O3S. The maximum absolute atomic E-state index is 12.3. The van der Waals surface area contributed by atoms with Gasteiger partial charge < -0.3 is 4.74 Å². The smallest absolute Gasteiger partial charge is 0.322 e. The maximum atomic E-state index is 12.3. The lowest BCUT2D eigenvalue weighted by atomic mass is 10.0. The lowest BCUT2D eigenvalue weighted by molar-refractivity contribution is 0.414. The van der Waals surface area contributed by atoms with Crippen molar-refractivity contribution >= 4 is 26.8 Å². The van der Waals surface area contributed by atoms with Crippen LogP contribution in [0.2, 0.25) is 0 Å². The molecule has 29 heavy (non-hydrogen) atoms. The van der Waals surface area contributed by atoms with Crippen molar-refractivity contribution in [3.05, 3.63) is 89.6 Å². The Kier molecular flexibility index (Phi) is 5.22. The van der Waals surface area contributed by atoms with Crippen molar-refractivity contribution in [2.24, 2.45) is 4.99 Å². The van der Waals surface area contributed by atoms with Crippen molar-refractivity contribution in [3.8, 4) is 5.75 Å². The van der Waals surface area contributed by atoms with E-state index in [1.807, 2.05) is 66.7 Å². The number of allylic oxidation sites excluding steroid dienone is 1. The molecule has 0 spiro atoms. The summed E-state index contributed by atoms with van der Waals surface area (Å²) >= 11 is 0. The average Bonchev–Trinajstić information content (AvgIpc) is 2.72. The van der Waals surface area contributed by atoms with Crippen LogP contribution >= 0.6 is 0 Å². The molecule has 0 amide bonds. The second kappa shape index (κ2) is 7.97. The van der Waals surface area contributed by atoms with Gasteiger partial charge in [0.15, 0.2) is 0 Å². The molecule has 6 nitrogen and oxygen atoms in total. The van der Waals surface area contributed by atoms with Crippen LogP contribution in [0.3, 0.4) is 0 Å². The lowest BCUT2D eigenvalue weighted by Crippen LogP contribution is -2.44. The Balaban J connectivity index is 1.59. The predicted molar refractivity (Wildman–Crippen MR) is 115 cm³/mol. The molecule has 1 aliphatic heterocycles. The molecule has 4 rings (SSSR count). The Hall–Kier alpha value is -3.32. The largest absolute Gasteiger partial charge is 0.497 e. The van der Waals surface area contributed by atoms with Crippen LogP contribution in [-0.2, 0) is 23.2 Å². The fourth-order valence-corrected chi connectivity index (χ4v) is 4.21. The number of aliphatic imine (C=N–C) groups is 1. The van der Waals surface area contributed by atoms with Crippen molar-refractivity contribution < 1.29 is 13.2 Å². The number of rotatable bonds is 5. The van der Waals surface area contributed by atoms with E-state index in [1.165, 1.54) is 0 Å². The molecule has 1 heterocycles. The predicted octanol–water partition coefficient (Wildman–Crippen LogP) is 3.31. The SMILES string of the molecule is COc1ccc(CN=C2C=C(Cc3cccc4ccccc34)NS(=O)(=O)N2)cc1. The molecule has 3 aromatic rings.